The first-order chi connectivity index (χ1) is 8.32. The van der Waals surface area contributed by atoms with E-state index in [1.54, 1.807) is 0 Å². The average Bonchev–Trinajstić information content (AvgIpc) is 2.56. The molecule has 1 aromatic heterocycles. The maximum absolute atomic E-state index is 6.35. The van der Waals surface area contributed by atoms with Crippen molar-refractivity contribution in [1.82, 2.24) is 9.55 Å². The first-order valence-corrected chi connectivity index (χ1v) is 7.20. The number of anilines is 1. The van der Waals surface area contributed by atoms with Gasteiger partial charge in [-0.25, -0.2) is 4.98 Å². The Bertz CT molecular complexity index is 385. The average molecular weight is 251 g/mol. The smallest absolute Gasteiger partial charge is 0.127 e. The van der Waals surface area contributed by atoms with Crippen molar-refractivity contribution in [3.63, 3.8) is 0 Å². The Morgan fingerprint density at radius 2 is 1.83 bits per heavy atom. The molecule has 0 amide bonds. The molecule has 1 heterocycles. The number of nitrogens with zero attached hydrogens (tertiary/aromatic N) is 2. The van der Waals surface area contributed by atoms with Crippen LogP contribution in [0, 0.1) is 0 Å². The number of nitrogen functional groups attached to an aromatic ring is 1. The summed E-state index contributed by atoms with van der Waals surface area (Å²) in [5.41, 5.74) is 7.45. The SMILES string of the molecule is CCCc1nc(C(C)CCC)c(N)n1C(C)(C)C. The molecule has 1 rings (SSSR count). The minimum atomic E-state index is 0.00573. The van der Waals surface area contributed by atoms with Crippen LogP contribution in [0.15, 0.2) is 0 Å². The minimum Gasteiger partial charge on any atom is -0.384 e. The molecule has 18 heavy (non-hydrogen) atoms. The maximum Gasteiger partial charge on any atom is 0.127 e. The van der Waals surface area contributed by atoms with Gasteiger partial charge in [-0.2, -0.15) is 0 Å². The van der Waals surface area contributed by atoms with E-state index in [-0.39, 0.29) is 5.54 Å². The van der Waals surface area contributed by atoms with Crippen LogP contribution >= 0.6 is 0 Å². The van der Waals surface area contributed by atoms with Crippen LogP contribution in [0.5, 0.6) is 0 Å². The quantitative estimate of drug-likeness (QED) is 0.857. The van der Waals surface area contributed by atoms with Gasteiger partial charge in [-0.1, -0.05) is 27.2 Å². The molecule has 104 valence electrons. The Balaban J connectivity index is 3.23. The molecule has 0 aliphatic carbocycles. The van der Waals surface area contributed by atoms with E-state index in [2.05, 4.69) is 46.1 Å². The summed E-state index contributed by atoms with van der Waals surface area (Å²) in [5.74, 6) is 2.46. The van der Waals surface area contributed by atoms with Gasteiger partial charge in [0.15, 0.2) is 0 Å². The number of rotatable bonds is 5. The van der Waals surface area contributed by atoms with Crippen molar-refractivity contribution >= 4 is 5.82 Å². The van der Waals surface area contributed by atoms with Gasteiger partial charge in [-0.3, -0.25) is 0 Å². The first kappa shape index (κ1) is 15.1. The fourth-order valence-corrected chi connectivity index (χ4v) is 2.57. The lowest BCUT2D eigenvalue weighted by atomic mass is 10.0. The highest BCUT2D eigenvalue weighted by Gasteiger charge is 2.25. The van der Waals surface area contributed by atoms with Crippen molar-refractivity contribution in [2.45, 2.75) is 78.7 Å². The van der Waals surface area contributed by atoms with E-state index in [9.17, 15) is 0 Å². The Morgan fingerprint density at radius 1 is 1.22 bits per heavy atom. The second-order valence-electron chi connectivity index (χ2n) is 6.24. The van der Waals surface area contributed by atoms with Gasteiger partial charge in [0.2, 0.25) is 0 Å². The number of aromatic nitrogens is 2. The summed E-state index contributed by atoms with van der Waals surface area (Å²) < 4.78 is 2.22. The van der Waals surface area contributed by atoms with E-state index in [1.807, 2.05) is 0 Å². The fraction of sp³-hybridized carbons (Fsp3) is 0.800. The zero-order valence-corrected chi connectivity index (χ0v) is 12.9. The van der Waals surface area contributed by atoms with E-state index in [0.717, 1.165) is 36.6 Å². The second kappa shape index (κ2) is 5.77. The predicted octanol–water partition coefficient (Wildman–Crippen LogP) is 4.08. The number of hydrogen-bond acceptors (Lipinski definition) is 2. The standard InChI is InChI=1S/C15H29N3/c1-7-9-11(3)13-14(16)18(15(4,5)6)12(17-13)10-8-2/h11H,7-10,16H2,1-6H3. The molecule has 0 saturated carbocycles. The molecule has 0 saturated heterocycles. The van der Waals surface area contributed by atoms with Crippen molar-refractivity contribution in [3.8, 4) is 0 Å². The Morgan fingerprint density at radius 3 is 2.28 bits per heavy atom. The van der Waals surface area contributed by atoms with Gasteiger partial charge in [0.1, 0.15) is 11.6 Å². The molecule has 3 heteroatoms. The second-order valence-corrected chi connectivity index (χ2v) is 6.24. The van der Waals surface area contributed by atoms with Crippen LogP contribution in [0.2, 0.25) is 0 Å². The summed E-state index contributed by atoms with van der Waals surface area (Å²) in [6, 6.07) is 0. The molecule has 0 aliphatic rings. The van der Waals surface area contributed by atoms with Crippen molar-refractivity contribution in [2.75, 3.05) is 5.73 Å². The number of nitrogens with two attached hydrogens (primary N) is 1. The van der Waals surface area contributed by atoms with Crippen molar-refractivity contribution in [2.24, 2.45) is 0 Å². The highest BCUT2D eigenvalue weighted by Crippen LogP contribution is 2.31. The summed E-state index contributed by atoms with van der Waals surface area (Å²) in [6.07, 6.45) is 4.43. The van der Waals surface area contributed by atoms with Gasteiger partial charge < -0.3 is 10.3 Å². The van der Waals surface area contributed by atoms with Gasteiger partial charge in [-0.05, 0) is 33.6 Å². The van der Waals surface area contributed by atoms with Crippen LogP contribution in [0.1, 0.15) is 78.2 Å². The van der Waals surface area contributed by atoms with Crippen LogP contribution in [-0.4, -0.2) is 9.55 Å². The largest absolute Gasteiger partial charge is 0.384 e. The van der Waals surface area contributed by atoms with E-state index in [4.69, 9.17) is 10.7 Å². The Hall–Kier alpha value is -0.990. The molecule has 0 aromatic carbocycles. The molecule has 0 bridgehead atoms. The molecule has 1 unspecified atom stereocenters. The molecule has 2 N–H and O–H groups in total. The monoisotopic (exact) mass is 251 g/mol. The molecule has 0 spiro atoms. The predicted molar refractivity (Wildman–Crippen MR) is 79.0 cm³/mol. The summed E-state index contributed by atoms with van der Waals surface area (Å²) in [5, 5.41) is 0. The summed E-state index contributed by atoms with van der Waals surface area (Å²) >= 11 is 0. The van der Waals surface area contributed by atoms with Crippen molar-refractivity contribution < 1.29 is 0 Å². The highest BCUT2D eigenvalue weighted by molar-refractivity contribution is 5.41. The molecule has 0 fully saturated rings. The third-order valence-electron chi connectivity index (χ3n) is 3.34. The number of aryl methyl sites for hydroxylation is 1. The third-order valence-corrected chi connectivity index (χ3v) is 3.34. The zero-order valence-electron chi connectivity index (χ0n) is 12.9. The Labute approximate surface area is 112 Å². The zero-order chi connectivity index (χ0) is 13.9. The third kappa shape index (κ3) is 3.06. The first-order valence-electron chi connectivity index (χ1n) is 7.20. The van der Waals surface area contributed by atoms with E-state index >= 15 is 0 Å². The molecule has 0 radical (unpaired) electrons. The minimum absolute atomic E-state index is 0.00573. The van der Waals surface area contributed by atoms with Crippen LogP contribution in [-0.2, 0) is 12.0 Å². The van der Waals surface area contributed by atoms with E-state index in [0.29, 0.717) is 5.92 Å². The van der Waals surface area contributed by atoms with Crippen molar-refractivity contribution in [3.05, 3.63) is 11.5 Å². The lowest BCUT2D eigenvalue weighted by Gasteiger charge is -2.25. The maximum atomic E-state index is 6.35. The molecule has 1 aromatic rings. The van der Waals surface area contributed by atoms with Gasteiger partial charge >= 0.3 is 0 Å². The fourth-order valence-electron chi connectivity index (χ4n) is 2.57. The lowest BCUT2D eigenvalue weighted by Crippen LogP contribution is -2.25. The summed E-state index contributed by atoms with van der Waals surface area (Å²) in [4.78, 5) is 4.82. The van der Waals surface area contributed by atoms with Crippen LogP contribution < -0.4 is 5.73 Å². The molecule has 1 atom stereocenters. The topological polar surface area (TPSA) is 43.8 Å². The van der Waals surface area contributed by atoms with Gasteiger partial charge in [0.25, 0.3) is 0 Å². The van der Waals surface area contributed by atoms with Gasteiger partial charge in [0, 0.05) is 17.9 Å². The van der Waals surface area contributed by atoms with Gasteiger partial charge in [-0.15, -0.1) is 0 Å². The lowest BCUT2D eigenvalue weighted by molar-refractivity contribution is 0.387. The van der Waals surface area contributed by atoms with Crippen LogP contribution in [0.4, 0.5) is 5.82 Å². The Kier molecular flexibility index (Phi) is 4.83. The normalized spacial score (nSPS) is 13.9. The van der Waals surface area contributed by atoms with Crippen LogP contribution in [0.3, 0.4) is 0 Å². The number of hydrogen-bond donors (Lipinski definition) is 1. The van der Waals surface area contributed by atoms with Gasteiger partial charge in [0.05, 0.1) is 5.69 Å². The van der Waals surface area contributed by atoms with E-state index in [1.165, 1.54) is 6.42 Å². The van der Waals surface area contributed by atoms with E-state index < -0.39 is 0 Å². The summed E-state index contributed by atoms with van der Waals surface area (Å²) in [6.45, 7) is 13.2. The summed E-state index contributed by atoms with van der Waals surface area (Å²) in [7, 11) is 0. The molecule has 0 aliphatic heterocycles. The highest BCUT2D eigenvalue weighted by atomic mass is 15.2. The van der Waals surface area contributed by atoms with Crippen LogP contribution in [0.25, 0.3) is 0 Å². The molecule has 3 nitrogen and oxygen atoms in total. The molecular formula is C15H29N3. The molecular weight excluding hydrogens is 222 g/mol. The number of imidazole rings is 1. The van der Waals surface area contributed by atoms with Crippen molar-refractivity contribution in [1.29, 1.82) is 0 Å².